The highest BCUT2D eigenvalue weighted by atomic mass is 28.3. The molecule has 48 heavy (non-hydrogen) atoms. The molecule has 4 aromatic rings. The van der Waals surface area contributed by atoms with Gasteiger partial charge in [-0.3, -0.25) is 19.6 Å². The molecule has 2 aliphatic heterocycles. The predicted molar refractivity (Wildman–Crippen MR) is 185 cm³/mol. The van der Waals surface area contributed by atoms with Gasteiger partial charge in [-0.25, -0.2) is 0 Å². The second-order valence-electron chi connectivity index (χ2n) is 13.2. The number of non-ortho nitro benzene ring substituents is 1. The Hall–Kier alpha value is -4.65. The van der Waals surface area contributed by atoms with E-state index in [9.17, 15) is 20.0 Å². The van der Waals surface area contributed by atoms with Gasteiger partial charge in [0, 0.05) is 42.9 Å². The van der Waals surface area contributed by atoms with E-state index in [0.717, 1.165) is 11.3 Å². The van der Waals surface area contributed by atoms with E-state index in [1.54, 1.807) is 28.8 Å². The Bertz CT molecular complexity index is 1810. The number of carbonyl (C=O) groups is 1. The Morgan fingerprint density at radius 2 is 1.90 bits per heavy atom. The minimum absolute atomic E-state index is 0.0526. The maximum Gasteiger partial charge on any atom is 0.269 e. The first-order chi connectivity index (χ1) is 23.1. The van der Waals surface area contributed by atoms with Crippen molar-refractivity contribution in [1.29, 1.82) is 0 Å². The van der Waals surface area contributed by atoms with Crippen LogP contribution in [0.15, 0.2) is 91.6 Å². The zero-order valence-electron chi connectivity index (χ0n) is 27.7. The minimum Gasteiger partial charge on any atom is -0.497 e. The highest BCUT2D eigenvalue weighted by molar-refractivity contribution is 6.91. The molecule has 0 saturated carbocycles. The van der Waals surface area contributed by atoms with Gasteiger partial charge in [0.2, 0.25) is 0 Å². The lowest BCUT2D eigenvalue weighted by molar-refractivity contribution is -0.385. The van der Waals surface area contributed by atoms with E-state index in [2.05, 4.69) is 49.0 Å². The number of aromatic nitrogens is 3. The smallest absolute Gasteiger partial charge is 0.269 e. The minimum atomic E-state index is -2.41. The maximum atomic E-state index is 14.6. The molecule has 6 rings (SSSR count). The number of nitro benzene ring substituents is 1. The molecule has 0 bridgehead atoms. The van der Waals surface area contributed by atoms with Gasteiger partial charge in [-0.15, -0.1) is 11.7 Å². The molecule has 11 nitrogen and oxygen atoms in total. The van der Waals surface area contributed by atoms with Crippen LogP contribution in [0, 0.1) is 16.0 Å². The number of nitrogens with zero attached hydrogens (tertiary/aromatic N) is 5. The largest absolute Gasteiger partial charge is 0.497 e. The molecule has 1 fully saturated rings. The van der Waals surface area contributed by atoms with Crippen molar-refractivity contribution in [1.82, 2.24) is 15.0 Å². The lowest BCUT2D eigenvalue weighted by Crippen LogP contribution is -2.51. The number of nitro groups is 1. The van der Waals surface area contributed by atoms with Crippen LogP contribution in [0.25, 0.3) is 0 Å². The molecule has 2 aliphatic rings. The second-order valence-corrected chi connectivity index (χ2v) is 17.8. The summed E-state index contributed by atoms with van der Waals surface area (Å²) in [5.74, 6) is -0.0794. The zero-order chi connectivity index (χ0) is 34.2. The number of methoxy groups -OCH3 is 1. The van der Waals surface area contributed by atoms with Crippen molar-refractivity contribution >= 4 is 30.5 Å². The third-order valence-corrected chi connectivity index (χ3v) is 14.6. The number of rotatable bonds is 12. The fraction of sp³-hybridized carbons (Fsp3) is 0.361. The standard InChI is InChI=1S/C36H41N5O6Si/c1-6-19-40-32-17-12-26(41(44)45)21-30(32)36(35(40)43)24(2)34(48(4,5)28-15-13-27(46-3)14-16-28)33(47-36)18-20-39-22-31(37-38-39)29(23-42)25-10-8-7-9-11-25/h6-17,21-22,24,29,33-34,42H,1,18-20,23H2,2-5H3/t24-,29?,33+,34-,36+/m0/s1. The van der Waals surface area contributed by atoms with Crippen LogP contribution in [0.1, 0.15) is 36.1 Å². The van der Waals surface area contributed by atoms with Crippen molar-refractivity contribution in [2.75, 3.05) is 25.2 Å². The number of amides is 1. The van der Waals surface area contributed by atoms with Gasteiger partial charge in [-0.05, 0) is 35.7 Å². The van der Waals surface area contributed by atoms with Crippen molar-refractivity contribution in [2.24, 2.45) is 5.92 Å². The quantitative estimate of drug-likeness (QED) is 0.0949. The van der Waals surface area contributed by atoms with Gasteiger partial charge in [-0.2, -0.15) is 0 Å². The number of hydrogen-bond acceptors (Lipinski definition) is 8. The van der Waals surface area contributed by atoms with Crippen molar-refractivity contribution in [3.05, 3.63) is 119 Å². The monoisotopic (exact) mass is 667 g/mol. The molecule has 12 heteroatoms. The Morgan fingerprint density at radius 1 is 1.17 bits per heavy atom. The van der Waals surface area contributed by atoms with Gasteiger partial charge in [0.25, 0.3) is 11.6 Å². The summed E-state index contributed by atoms with van der Waals surface area (Å²) in [5, 5.41) is 32.1. The van der Waals surface area contributed by atoms with Gasteiger partial charge < -0.3 is 19.5 Å². The molecule has 5 atom stereocenters. The molecule has 1 spiro atoms. The van der Waals surface area contributed by atoms with Crippen LogP contribution >= 0.6 is 0 Å². The first-order valence-corrected chi connectivity index (χ1v) is 19.2. The second kappa shape index (κ2) is 13.1. The van der Waals surface area contributed by atoms with Crippen molar-refractivity contribution in [2.45, 2.75) is 56.1 Å². The summed E-state index contributed by atoms with van der Waals surface area (Å²) in [6.07, 6.45) is 3.66. The summed E-state index contributed by atoms with van der Waals surface area (Å²) < 4.78 is 14.3. The number of aryl methyl sites for hydroxylation is 1. The van der Waals surface area contributed by atoms with E-state index in [1.165, 1.54) is 17.3 Å². The fourth-order valence-electron chi connectivity index (χ4n) is 7.89. The van der Waals surface area contributed by atoms with Crippen LogP contribution in [0.5, 0.6) is 5.75 Å². The van der Waals surface area contributed by atoms with Gasteiger partial charge in [0.1, 0.15) is 5.75 Å². The van der Waals surface area contributed by atoms with Crippen LogP contribution < -0.4 is 14.8 Å². The molecule has 1 unspecified atom stereocenters. The molecule has 0 aliphatic carbocycles. The van der Waals surface area contributed by atoms with E-state index in [4.69, 9.17) is 9.47 Å². The van der Waals surface area contributed by atoms with Crippen LogP contribution in [0.2, 0.25) is 18.6 Å². The van der Waals surface area contributed by atoms with Crippen LogP contribution in [0.4, 0.5) is 11.4 Å². The Balaban J connectivity index is 1.39. The fourth-order valence-corrected chi connectivity index (χ4v) is 12.0. The van der Waals surface area contributed by atoms with Gasteiger partial charge in [0.05, 0.1) is 50.1 Å². The first-order valence-electron chi connectivity index (χ1n) is 16.2. The number of benzene rings is 3. The van der Waals surface area contributed by atoms with E-state index in [0.29, 0.717) is 29.9 Å². The molecular weight excluding hydrogens is 627 g/mol. The zero-order valence-corrected chi connectivity index (χ0v) is 28.7. The van der Waals surface area contributed by atoms with Crippen LogP contribution in [-0.4, -0.2) is 65.4 Å². The Morgan fingerprint density at radius 3 is 2.54 bits per heavy atom. The summed E-state index contributed by atoms with van der Waals surface area (Å²) in [5.41, 5.74) is 1.21. The highest BCUT2D eigenvalue weighted by Crippen LogP contribution is 2.60. The number of ether oxygens (including phenoxy) is 2. The summed E-state index contributed by atoms with van der Waals surface area (Å²) in [6, 6.07) is 22.4. The normalized spacial score (nSPS) is 22.6. The van der Waals surface area contributed by atoms with E-state index < -0.39 is 18.6 Å². The lowest BCUT2D eigenvalue weighted by Gasteiger charge is -2.37. The van der Waals surface area contributed by atoms with Gasteiger partial charge in [0.15, 0.2) is 5.60 Å². The SMILES string of the molecule is C=CCN1C(=O)[C@]2(O[C@H](CCn3cc(C(CO)c4ccccc4)nn3)[C@@H]([Si](C)(C)c3ccc(OC)cc3)[C@@H]2C)c2cc([N+](=O)[O-])ccc21. The summed E-state index contributed by atoms with van der Waals surface area (Å²) in [6.45, 7) is 11.1. The summed E-state index contributed by atoms with van der Waals surface area (Å²) >= 11 is 0. The molecule has 1 saturated heterocycles. The van der Waals surface area contributed by atoms with Crippen molar-refractivity contribution in [3.8, 4) is 5.75 Å². The van der Waals surface area contributed by atoms with E-state index in [1.807, 2.05) is 48.7 Å². The molecule has 250 valence electrons. The predicted octanol–water partition coefficient (Wildman–Crippen LogP) is 5.16. The molecule has 1 amide bonds. The van der Waals surface area contributed by atoms with Crippen LogP contribution in [0.3, 0.4) is 0 Å². The number of anilines is 1. The van der Waals surface area contributed by atoms with E-state index >= 15 is 0 Å². The van der Waals surface area contributed by atoms with Gasteiger partial charge in [-0.1, -0.05) is 79.0 Å². The van der Waals surface area contributed by atoms with Crippen molar-refractivity contribution in [3.63, 3.8) is 0 Å². The highest BCUT2D eigenvalue weighted by Gasteiger charge is 2.66. The van der Waals surface area contributed by atoms with E-state index in [-0.39, 0.29) is 48.2 Å². The third kappa shape index (κ3) is 5.53. The number of aliphatic hydroxyl groups is 1. The molecular formula is C36H41N5O6Si. The molecule has 1 aromatic heterocycles. The molecule has 3 aromatic carbocycles. The number of aliphatic hydroxyl groups excluding tert-OH is 1. The number of fused-ring (bicyclic) bond motifs is 2. The lowest BCUT2D eigenvalue weighted by atomic mass is 9.82. The Labute approximate surface area is 281 Å². The topological polar surface area (TPSA) is 133 Å². The molecule has 1 N–H and O–H groups in total. The first kappa shape index (κ1) is 33.3. The molecule has 3 heterocycles. The van der Waals surface area contributed by atoms with Crippen molar-refractivity contribution < 1.29 is 24.3 Å². The number of carbonyl (C=O) groups excluding carboxylic acids is 1. The summed E-state index contributed by atoms with van der Waals surface area (Å²) in [4.78, 5) is 27.7. The third-order valence-electron chi connectivity index (χ3n) is 10.3. The molecule has 0 radical (unpaired) electrons. The maximum absolute atomic E-state index is 14.6. The van der Waals surface area contributed by atoms with Crippen LogP contribution in [-0.2, 0) is 21.7 Å². The number of hydrogen-bond donors (Lipinski definition) is 1. The average Bonchev–Trinajstić information content (AvgIpc) is 3.75. The van der Waals surface area contributed by atoms with Gasteiger partial charge >= 0.3 is 0 Å². The average molecular weight is 668 g/mol. The summed E-state index contributed by atoms with van der Waals surface area (Å²) in [7, 11) is -0.774. The Kier molecular flexibility index (Phi) is 9.07.